The highest BCUT2D eigenvalue weighted by Gasteiger charge is 2.31. The van der Waals surface area contributed by atoms with Crippen molar-refractivity contribution < 1.29 is 9.90 Å². The molecule has 2 rings (SSSR count). The van der Waals surface area contributed by atoms with Crippen LogP contribution in [0.2, 0.25) is 0 Å². The van der Waals surface area contributed by atoms with Crippen LogP contribution in [-0.2, 0) is 4.79 Å². The van der Waals surface area contributed by atoms with E-state index in [1.165, 1.54) is 0 Å². The number of carbonyl (C=O) groups is 1. The number of aliphatic hydroxyl groups excluding tert-OH is 1. The van der Waals surface area contributed by atoms with Gasteiger partial charge in [0.25, 0.3) is 0 Å². The van der Waals surface area contributed by atoms with Gasteiger partial charge in [0.1, 0.15) is 0 Å². The number of carbonyl (C=O) groups excluding carboxylic acids is 1. The number of nitrogens with two attached hydrogens (primary N) is 1. The zero-order chi connectivity index (χ0) is 15.6. The number of nitrogen functional groups attached to an aromatic ring is 1. The molecular formula is C16H25N3O2. The molecule has 1 aliphatic rings. The van der Waals surface area contributed by atoms with Crippen molar-refractivity contribution in [2.45, 2.75) is 39.3 Å². The minimum atomic E-state index is -0.315. The second-order valence-corrected chi connectivity index (χ2v) is 6.02. The van der Waals surface area contributed by atoms with Gasteiger partial charge < -0.3 is 16.2 Å². The zero-order valence-electron chi connectivity index (χ0n) is 13.0. The van der Waals surface area contributed by atoms with Gasteiger partial charge in [0.2, 0.25) is 5.91 Å². The van der Waals surface area contributed by atoms with E-state index in [1.54, 1.807) is 6.07 Å². The summed E-state index contributed by atoms with van der Waals surface area (Å²) in [5, 5.41) is 12.6. The molecule has 0 spiro atoms. The Morgan fingerprint density at radius 2 is 2.19 bits per heavy atom. The van der Waals surface area contributed by atoms with Gasteiger partial charge >= 0.3 is 0 Å². The maximum Gasteiger partial charge on any atom is 0.241 e. The molecule has 1 fully saturated rings. The van der Waals surface area contributed by atoms with Crippen molar-refractivity contribution in [2.75, 3.05) is 24.1 Å². The summed E-state index contributed by atoms with van der Waals surface area (Å²) in [6.07, 6.45) is 0.625. The minimum Gasteiger partial charge on any atom is -0.399 e. The highest BCUT2D eigenvalue weighted by molar-refractivity contribution is 5.95. The normalized spacial score (nSPS) is 22.0. The van der Waals surface area contributed by atoms with Crippen molar-refractivity contribution in [2.24, 2.45) is 5.92 Å². The lowest BCUT2D eigenvalue weighted by molar-refractivity contribution is -0.120. The van der Waals surface area contributed by atoms with Crippen LogP contribution in [0.4, 0.5) is 11.4 Å². The third kappa shape index (κ3) is 3.74. The van der Waals surface area contributed by atoms with Crippen molar-refractivity contribution in [3.8, 4) is 0 Å². The van der Waals surface area contributed by atoms with Gasteiger partial charge in [-0.1, -0.05) is 0 Å². The van der Waals surface area contributed by atoms with Gasteiger partial charge in [-0.15, -0.1) is 0 Å². The Balaban J connectivity index is 1.97. The number of likely N-dealkylation sites (tertiary alicyclic amines) is 1. The fraction of sp³-hybridized carbons (Fsp3) is 0.562. The average molecular weight is 291 g/mol. The molecule has 0 bridgehead atoms. The molecule has 3 unspecified atom stereocenters. The number of nitrogens with one attached hydrogen (secondary N) is 1. The number of amides is 1. The summed E-state index contributed by atoms with van der Waals surface area (Å²) in [5.74, 6) is 0.243. The first-order chi connectivity index (χ1) is 9.88. The highest BCUT2D eigenvalue weighted by Crippen LogP contribution is 2.23. The molecule has 5 heteroatoms. The van der Waals surface area contributed by atoms with Crippen molar-refractivity contribution in [3.05, 3.63) is 23.8 Å². The molecule has 4 N–H and O–H groups in total. The molecule has 5 nitrogen and oxygen atoms in total. The molecule has 0 aliphatic carbocycles. The van der Waals surface area contributed by atoms with E-state index in [9.17, 15) is 9.90 Å². The van der Waals surface area contributed by atoms with Crippen LogP contribution in [0, 0.1) is 12.8 Å². The predicted molar refractivity (Wildman–Crippen MR) is 85.0 cm³/mol. The van der Waals surface area contributed by atoms with Gasteiger partial charge in [0, 0.05) is 17.9 Å². The lowest BCUT2D eigenvalue weighted by Crippen LogP contribution is -2.41. The largest absolute Gasteiger partial charge is 0.399 e. The summed E-state index contributed by atoms with van der Waals surface area (Å²) in [6.45, 7) is 7.27. The third-order valence-electron chi connectivity index (χ3n) is 4.37. The van der Waals surface area contributed by atoms with E-state index in [-0.39, 0.29) is 24.0 Å². The summed E-state index contributed by atoms with van der Waals surface area (Å²) < 4.78 is 0. The minimum absolute atomic E-state index is 0.0193. The standard InChI is InChI=1S/C16H25N3O2/c1-10-8-14(17)4-5-15(10)18-16(21)11(2)19-7-6-13(9-19)12(3)20/h4-5,8,11-13,20H,6-7,9,17H2,1-3H3,(H,18,21). The molecule has 1 heterocycles. The van der Waals surface area contributed by atoms with Gasteiger partial charge in [0.05, 0.1) is 12.1 Å². The molecular weight excluding hydrogens is 266 g/mol. The fourth-order valence-electron chi connectivity index (χ4n) is 2.79. The Morgan fingerprint density at radius 1 is 1.48 bits per heavy atom. The van der Waals surface area contributed by atoms with E-state index in [4.69, 9.17) is 5.73 Å². The van der Waals surface area contributed by atoms with Gasteiger partial charge in [0.15, 0.2) is 0 Å². The summed E-state index contributed by atoms with van der Waals surface area (Å²) in [5.41, 5.74) is 8.16. The smallest absolute Gasteiger partial charge is 0.241 e. The number of rotatable bonds is 4. The molecule has 1 aromatic carbocycles. The lowest BCUT2D eigenvalue weighted by atomic mass is 10.0. The molecule has 0 radical (unpaired) electrons. The van der Waals surface area contributed by atoms with Crippen LogP contribution in [0.3, 0.4) is 0 Å². The molecule has 1 aromatic rings. The number of anilines is 2. The van der Waals surface area contributed by atoms with Crippen LogP contribution in [-0.4, -0.2) is 41.1 Å². The van der Waals surface area contributed by atoms with E-state index in [1.807, 2.05) is 32.9 Å². The van der Waals surface area contributed by atoms with Crippen molar-refractivity contribution in [1.29, 1.82) is 0 Å². The van der Waals surface area contributed by atoms with Crippen LogP contribution < -0.4 is 11.1 Å². The summed E-state index contributed by atoms with van der Waals surface area (Å²) in [6, 6.07) is 5.26. The number of aryl methyl sites for hydroxylation is 1. The Bertz CT molecular complexity index is 516. The van der Waals surface area contributed by atoms with Crippen LogP contribution in [0.25, 0.3) is 0 Å². The SMILES string of the molecule is Cc1cc(N)ccc1NC(=O)C(C)N1CCC(C(C)O)C1. The van der Waals surface area contributed by atoms with Gasteiger partial charge in [-0.05, 0) is 63.4 Å². The summed E-state index contributed by atoms with van der Waals surface area (Å²) in [7, 11) is 0. The van der Waals surface area contributed by atoms with Gasteiger partial charge in [-0.2, -0.15) is 0 Å². The first kappa shape index (κ1) is 15.8. The Labute approximate surface area is 126 Å². The second kappa shape index (κ2) is 6.45. The summed E-state index contributed by atoms with van der Waals surface area (Å²) >= 11 is 0. The van der Waals surface area contributed by atoms with Crippen LogP contribution >= 0.6 is 0 Å². The van der Waals surface area contributed by atoms with Crippen LogP contribution in [0.5, 0.6) is 0 Å². The second-order valence-electron chi connectivity index (χ2n) is 6.02. The molecule has 1 aliphatic heterocycles. The van der Waals surface area contributed by atoms with Crippen molar-refractivity contribution in [3.63, 3.8) is 0 Å². The van der Waals surface area contributed by atoms with E-state index >= 15 is 0 Å². The Hall–Kier alpha value is -1.59. The van der Waals surface area contributed by atoms with Crippen molar-refractivity contribution >= 4 is 17.3 Å². The van der Waals surface area contributed by atoms with Crippen molar-refractivity contribution in [1.82, 2.24) is 4.90 Å². The Kier molecular flexibility index (Phi) is 4.85. The van der Waals surface area contributed by atoms with E-state index < -0.39 is 0 Å². The highest BCUT2D eigenvalue weighted by atomic mass is 16.3. The lowest BCUT2D eigenvalue weighted by Gasteiger charge is -2.24. The van der Waals surface area contributed by atoms with Crippen LogP contribution in [0.1, 0.15) is 25.8 Å². The topological polar surface area (TPSA) is 78.6 Å². The van der Waals surface area contributed by atoms with Crippen LogP contribution in [0.15, 0.2) is 18.2 Å². The van der Waals surface area contributed by atoms with E-state index in [0.29, 0.717) is 5.69 Å². The quantitative estimate of drug-likeness (QED) is 0.736. The molecule has 116 valence electrons. The maximum absolute atomic E-state index is 12.4. The molecule has 0 saturated carbocycles. The Morgan fingerprint density at radius 3 is 2.76 bits per heavy atom. The van der Waals surface area contributed by atoms with Gasteiger partial charge in [-0.25, -0.2) is 0 Å². The molecule has 0 aromatic heterocycles. The first-order valence-corrected chi connectivity index (χ1v) is 7.47. The predicted octanol–water partition coefficient (Wildman–Crippen LogP) is 1.61. The maximum atomic E-state index is 12.4. The fourth-order valence-corrected chi connectivity index (χ4v) is 2.79. The summed E-state index contributed by atoms with van der Waals surface area (Å²) in [4.78, 5) is 14.5. The molecule has 1 saturated heterocycles. The van der Waals surface area contributed by atoms with E-state index in [2.05, 4.69) is 10.2 Å². The zero-order valence-corrected chi connectivity index (χ0v) is 13.0. The van der Waals surface area contributed by atoms with Gasteiger partial charge in [-0.3, -0.25) is 9.69 Å². The number of hydrogen-bond donors (Lipinski definition) is 3. The molecule has 21 heavy (non-hydrogen) atoms. The molecule has 1 amide bonds. The number of aliphatic hydroxyl groups is 1. The number of nitrogens with zero attached hydrogens (tertiary/aromatic N) is 1. The number of benzene rings is 1. The third-order valence-corrected chi connectivity index (χ3v) is 4.37. The van der Waals surface area contributed by atoms with E-state index in [0.717, 1.165) is 30.8 Å². The molecule has 3 atom stereocenters. The number of hydrogen-bond acceptors (Lipinski definition) is 4. The monoisotopic (exact) mass is 291 g/mol. The average Bonchev–Trinajstić information content (AvgIpc) is 2.90. The first-order valence-electron chi connectivity index (χ1n) is 7.47.